The molecule has 2 N–H and O–H groups in total. The van der Waals surface area contributed by atoms with Crippen LogP contribution in [0, 0.1) is 5.41 Å². The second-order valence-electron chi connectivity index (χ2n) is 5.79. The second-order valence-corrected chi connectivity index (χ2v) is 5.79. The molecule has 1 aromatic heterocycles. The molecule has 4 nitrogen and oxygen atoms in total. The summed E-state index contributed by atoms with van der Waals surface area (Å²) in [4.78, 5) is 16.8. The molecule has 1 aromatic rings. The second kappa shape index (κ2) is 6.84. The number of piperidine rings is 1. The summed E-state index contributed by atoms with van der Waals surface area (Å²) in [5.74, 6) is 0.183. The Morgan fingerprint density at radius 2 is 2.45 bits per heavy atom. The molecular formula is C16H25N3O. The van der Waals surface area contributed by atoms with Gasteiger partial charge in [0.1, 0.15) is 0 Å². The number of nitrogens with zero attached hydrogens (tertiary/aromatic N) is 1. The first-order valence-electron chi connectivity index (χ1n) is 7.59. The van der Waals surface area contributed by atoms with E-state index in [1.165, 1.54) is 0 Å². The van der Waals surface area contributed by atoms with E-state index in [0.717, 1.165) is 44.3 Å². The zero-order valence-corrected chi connectivity index (χ0v) is 12.5. The van der Waals surface area contributed by atoms with Gasteiger partial charge in [0.2, 0.25) is 5.91 Å². The zero-order chi connectivity index (χ0) is 14.4. The lowest BCUT2D eigenvalue weighted by Gasteiger charge is -2.37. The highest BCUT2D eigenvalue weighted by Crippen LogP contribution is 2.32. The molecule has 110 valence electrons. The molecule has 2 rings (SSSR count). The molecular weight excluding hydrogens is 250 g/mol. The number of aromatic nitrogens is 1. The number of hydrogen-bond acceptors (Lipinski definition) is 3. The van der Waals surface area contributed by atoms with Gasteiger partial charge in [-0.25, -0.2) is 0 Å². The van der Waals surface area contributed by atoms with Crippen LogP contribution >= 0.6 is 0 Å². The molecule has 20 heavy (non-hydrogen) atoms. The van der Waals surface area contributed by atoms with Crippen molar-refractivity contribution in [3.63, 3.8) is 0 Å². The Kier molecular flexibility index (Phi) is 5.12. The van der Waals surface area contributed by atoms with Crippen LogP contribution in [0.15, 0.2) is 24.5 Å². The molecule has 1 fully saturated rings. The molecule has 0 aliphatic carbocycles. The Labute approximate surface area is 121 Å². The third-order valence-electron chi connectivity index (χ3n) is 4.21. The highest BCUT2D eigenvalue weighted by Gasteiger charge is 2.39. The molecule has 0 aromatic carbocycles. The largest absolute Gasteiger partial charge is 0.349 e. The molecule has 2 heterocycles. The number of rotatable bonds is 5. The van der Waals surface area contributed by atoms with Crippen LogP contribution in [0.4, 0.5) is 0 Å². The number of amides is 1. The first kappa shape index (κ1) is 15.0. The summed E-state index contributed by atoms with van der Waals surface area (Å²) in [6, 6.07) is 3.91. The number of nitrogens with one attached hydrogen (secondary N) is 2. The van der Waals surface area contributed by atoms with Crippen LogP contribution in [-0.2, 0) is 4.79 Å². The molecule has 1 amide bonds. The SMILES string of the molecule is CCCC1(C(=O)N[C@H](C)c2cccnc2)CCCNC1. The topological polar surface area (TPSA) is 54.0 Å². The first-order valence-corrected chi connectivity index (χ1v) is 7.59. The van der Waals surface area contributed by atoms with Crippen molar-refractivity contribution >= 4 is 5.91 Å². The van der Waals surface area contributed by atoms with Crippen molar-refractivity contribution < 1.29 is 4.79 Å². The van der Waals surface area contributed by atoms with Crippen LogP contribution in [0.2, 0.25) is 0 Å². The summed E-state index contributed by atoms with van der Waals surface area (Å²) in [7, 11) is 0. The van der Waals surface area contributed by atoms with Gasteiger partial charge >= 0.3 is 0 Å². The molecule has 0 radical (unpaired) electrons. The lowest BCUT2D eigenvalue weighted by Crippen LogP contribution is -2.50. The molecule has 0 spiro atoms. The summed E-state index contributed by atoms with van der Waals surface area (Å²) in [6.07, 6.45) is 7.62. The molecule has 0 bridgehead atoms. The predicted molar refractivity (Wildman–Crippen MR) is 80.2 cm³/mol. The third-order valence-corrected chi connectivity index (χ3v) is 4.21. The van der Waals surface area contributed by atoms with E-state index in [0.29, 0.717) is 0 Å². The Balaban J connectivity index is 2.05. The van der Waals surface area contributed by atoms with Gasteiger partial charge in [-0.1, -0.05) is 19.4 Å². The Hall–Kier alpha value is -1.42. The standard InChI is InChI=1S/C16H25N3O/c1-3-7-16(8-5-10-18-12-16)15(20)19-13(2)14-6-4-9-17-11-14/h4,6,9,11,13,18H,3,5,7-8,10,12H2,1-2H3,(H,19,20)/t13-,16?/m1/s1. The average molecular weight is 275 g/mol. The number of pyridine rings is 1. The molecule has 1 aliphatic rings. The smallest absolute Gasteiger partial charge is 0.227 e. The maximum absolute atomic E-state index is 12.7. The van der Waals surface area contributed by atoms with Gasteiger partial charge in [-0.2, -0.15) is 0 Å². The lowest BCUT2D eigenvalue weighted by molar-refractivity contribution is -0.133. The fourth-order valence-corrected chi connectivity index (χ4v) is 3.03. The summed E-state index contributed by atoms with van der Waals surface area (Å²) in [6.45, 7) is 5.99. The van der Waals surface area contributed by atoms with Gasteiger partial charge < -0.3 is 10.6 Å². The fraction of sp³-hybridized carbons (Fsp3) is 0.625. The van der Waals surface area contributed by atoms with Crippen molar-refractivity contribution in [1.82, 2.24) is 15.6 Å². The maximum atomic E-state index is 12.7. The van der Waals surface area contributed by atoms with E-state index in [4.69, 9.17) is 0 Å². The van der Waals surface area contributed by atoms with Gasteiger partial charge in [-0.05, 0) is 44.4 Å². The minimum absolute atomic E-state index is 0.00635. The van der Waals surface area contributed by atoms with Gasteiger partial charge in [-0.15, -0.1) is 0 Å². The predicted octanol–water partition coefficient (Wildman–Crippen LogP) is 2.43. The first-order chi connectivity index (χ1) is 9.68. The quantitative estimate of drug-likeness (QED) is 0.867. The molecule has 4 heteroatoms. The summed E-state index contributed by atoms with van der Waals surface area (Å²) < 4.78 is 0. The minimum Gasteiger partial charge on any atom is -0.349 e. The highest BCUT2D eigenvalue weighted by molar-refractivity contribution is 5.83. The van der Waals surface area contributed by atoms with E-state index in [9.17, 15) is 4.79 Å². The maximum Gasteiger partial charge on any atom is 0.227 e. The molecule has 2 atom stereocenters. The van der Waals surface area contributed by atoms with Crippen LogP contribution in [0.1, 0.15) is 51.1 Å². The molecule has 0 saturated carbocycles. The number of carbonyl (C=O) groups is 1. The monoisotopic (exact) mass is 275 g/mol. The van der Waals surface area contributed by atoms with Crippen molar-refractivity contribution in [2.75, 3.05) is 13.1 Å². The van der Waals surface area contributed by atoms with Crippen LogP contribution < -0.4 is 10.6 Å². The normalized spacial score (nSPS) is 24.1. The van der Waals surface area contributed by atoms with E-state index in [1.807, 2.05) is 25.3 Å². The zero-order valence-electron chi connectivity index (χ0n) is 12.5. The van der Waals surface area contributed by atoms with E-state index < -0.39 is 0 Å². The average Bonchev–Trinajstić information content (AvgIpc) is 2.49. The van der Waals surface area contributed by atoms with Crippen LogP contribution in [0.3, 0.4) is 0 Å². The van der Waals surface area contributed by atoms with Crippen molar-refractivity contribution in [1.29, 1.82) is 0 Å². The van der Waals surface area contributed by atoms with Crippen molar-refractivity contribution in [3.05, 3.63) is 30.1 Å². The van der Waals surface area contributed by atoms with Gasteiger partial charge in [-0.3, -0.25) is 9.78 Å². The Morgan fingerprint density at radius 1 is 1.60 bits per heavy atom. The fourth-order valence-electron chi connectivity index (χ4n) is 3.03. The van der Waals surface area contributed by atoms with Crippen LogP contribution in [0.25, 0.3) is 0 Å². The highest BCUT2D eigenvalue weighted by atomic mass is 16.2. The van der Waals surface area contributed by atoms with E-state index in [-0.39, 0.29) is 17.4 Å². The van der Waals surface area contributed by atoms with E-state index >= 15 is 0 Å². The van der Waals surface area contributed by atoms with Gasteiger partial charge in [0.05, 0.1) is 11.5 Å². The van der Waals surface area contributed by atoms with Crippen molar-refractivity contribution in [2.24, 2.45) is 5.41 Å². The van der Waals surface area contributed by atoms with Gasteiger partial charge in [0.15, 0.2) is 0 Å². The molecule has 1 aliphatic heterocycles. The van der Waals surface area contributed by atoms with E-state index in [1.54, 1.807) is 6.20 Å². The molecule has 1 saturated heterocycles. The van der Waals surface area contributed by atoms with Crippen molar-refractivity contribution in [3.8, 4) is 0 Å². The third kappa shape index (κ3) is 3.37. The number of carbonyl (C=O) groups excluding carboxylic acids is 1. The Morgan fingerprint density at radius 3 is 3.05 bits per heavy atom. The molecule has 1 unspecified atom stereocenters. The minimum atomic E-state index is -0.233. The van der Waals surface area contributed by atoms with Crippen LogP contribution in [-0.4, -0.2) is 24.0 Å². The summed E-state index contributed by atoms with van der Waals surface area (Å²) in [5.41, 5.74) is 0.819. The summed E-state index contributed by atoms with van der Waals surface area (Å²) >= 11 is 0. The van der Waals surface area contributed by atoms with E-state index in [2.05, 4.69) is 22.5 Å². The van der Waals surface area contributed by atoms with Gasteiger partial charge in [0.25, 0.3) is 0 Å². The van der Waals surface area contributed by atoms with Crippen molar-refractivity contribution in [2.45, 2.75) is 45.6 Å². The Bertz CT molecular complexity index is 421. The number of hydrogen-bond donors (Lipinski definition) is 2. The summed E-state index contributed by atoms with van der Waals surface area (Å²) in [5, 5.41) is 6.55. The van der Waals surface area contributed by atoms with Crippen LogP contribution in [0.5, 0.6) is 0 Å². The lowest BCUT2D eigenvalue weighted by atomic mass is 9.76. The van der Waals surface area contributed by atoms with Gasteiger partial charge in [0, 0.05) is 18.9 Å².